The van der Waals surface area contributed by atoms with E-state index in [1.807, 2.05) is 12.3 Å². The lowest BCUT2D eigenvalue weighted by Gasteiger charge is -2.32. The predicted molar refractivity (Wildman–Crippen MR) is 89.2 cm³/mol. The van der Waals surface area contributed by atoms with Gasteiger partial charge in [-0.2, -0.15) is 0 Å². The Hall–Kier alpha value is -1.37. The molecule has 1 saturated heterocycles. The van der Waals surface area contributed by atoms with Crippen molar-refractivity contribution in [3.63, 3.8) is 0 Å². The smallest absolute Gasteiger partial charge is 0.400 e. The number of pyridine rings is 1. The third-order valence-corrected chi connectivity index (χ3v) is 5.05. The van der Waals surface area contributed by atoms with Gasteiger partial charge in [0.1, 0.15) is 6.10 Å². The van der Waals surface area contributed by atoms with Crippen LogP contribution in [0.3, 0.4) is 0 Å². The number of hydrogen-bond acceptors (Lipinski definition) is 4. The summed E-state index contributed by atoms with van der Waals surface area (Å²) < 4.78 is 19.7. The van der Waals surface area contributed by atoms with E-state index in [0.717, 1.165) is 17.5 Å². The van der Waals surface area contributed by atoms with Crippen LogP contribution in [0.5, 0.6) is 0 Å². The summed E-state index contributed by atoms with van der Waals surface area (Å²) >= 11 is 0. The van der Waals surface area contributed by atoms with E-state index < -0.39 is 0 Å². The van der Waals surface area contributed by atoms with Gasteiger partial charge in [0, 0.05) is 24.9 Å². The van der Waals surface area contributed by atoms with Crippen molar-refractivity contribution in [3.05, 3.63) is 45.8 Å². The number of rotatable bonds is 2. The molecule has 1 atom stereocenters. The van der Waals surface area contributed by atoms with E-state index in [0.29, 0.717) is 6.61 Å². The first kappa shape index (κ1) is 16.5. The minimum Gasteiger partial charge on any atom is -0.400 e. The molecule has 0 unspecified atom stereocenters. The molecule has 0 radical (unpaired) electrons. The highest BCUT2D eigenvalue weighted by Gasteiger charge is 2.52. The van der Waals surface area contributed by atoms with Gasteiger partial charge in [-0.3, -0.25) is 4.79 Å². The van der Waals surface area contributed by atoms with Crippen LogP contribution in [0.4, 0.5) is 0 Å². The molecule has 0 spiro atoms. The van der Waals surface area contributed by atoms with E-state index in [1.54, 1.807) is 17.7 Å². The van der Waals surface area contributed by atoms with Crippen molar-refractivity contribution in [2.45, 2.75) is 51.4 Å². The largest absolute Gasteiger partial charge is 0.490 e. The minimum atomic E-state index is -0.344. The number of ether oxygens (including phenoxy) is 1. The fraction of sp³-hybridized carbons (Fsp3) is 0.588. The van der Waals surface area contributed by atoms with Gasteiger partial charge in [-0.15, -0.1) is 0 Å². The SMILES string of the molecule is Cn1cc([C@H]2C=C(B3OC(C)(C)C(C)(C)O3)CCO2)ccc1=O. The fourth-order valence-corrected chi connectivity index (χ4v) is 2.80. The van der Waals surface area contributed by atoms with E-state index >= 15 is 0 Å². The lowest BCUT2D eigenvalue weighted by atomic mass is 9.74. The normalized spacial score (nSPS) is 26.2. The van der Waals surface area contributed by atoms with Crippen LogP contribution in [0, 0.1) is 0 Å². The molecule has 0 bridgehead atoms. The van der Waals surface area contributed by atoms with Gasteiger partial charge in [-0.05, 0) is 45.7 Å². The molecular weight excluding hydrogens is 293 g/mol. The lowest BCUT2D eigenvalue weighted by Crippen LogP contribution is -2.41. The van der Waals surface area contributed by atoms with E-state index in [9.17, 15) is 4.79 Å². The van der Waals surface area contributed by atoms with Crippen LogP contribution in [-0.4, -0.2) is 29.5 Å². The molecule has 23 heavy (non-hydrogen) atoms. The maximum Gasteiger partial charge on any atom is 0.490 e. The summed E-state index contributed by atoms with van der Waals surface area (Å²) in [6.07, 6.45) is 4.49. The fourth-order valence-electron chi connectivity index (χ4n) is 2.80. The highest BCUT2D eigenvalue weighted by Crippen LogP contribution is 2.40. The maximum atomic E-state index is 11.5. The minimum absolute atomic E-state index is 0.0280. The molecule has 0 aromatic carbocycles. The van der Waals surface area contributed by atoms with E-state index in [1.165, 1.54) is 0 Å². The highest BCUT2D eigenvalue weighted by molar-refractivity contribution is 6.54. The summed E-state index contributed by atoms with van der Waals surface area (Å²) in [6.45, 7) is 8.83. The molecule has 1 fully saturated rings. The maximum absolute atomic E-state index is 11.5. The topological polar surface area (TPSA) is 49.7 Å². The molecule has 2 aliphatic heterocycles. The van der Waals surface area contributed by atoms with Crippen molar-refractivity contribution in [1.29, 1.82) is 0 Å². The molecule has 3 heterocycles. The second kappa shape index (κ2) is 5.62. The van der Waals surface area contributed by atoms with Crippen molar-refractivity contribution in [1.82, 2.24) is 4.57 Å². The zero-order valence-corrected chi connectivity index (χ0v) is 14.5. The summed E-state index contributed by atoms with van der Waals surface area (Å²) in [5.74, 6) is 0. The van der Waals surface area contributed by atoms with Crippen LogP contribution >= 0.6 is 0 Å². The Bertz CT molecular complexity index is 676. The van der Waals surface area contributed by atoms with Crippen molar-refractivity contribution < 1.29 is 14.0 Å². The molecule has 0 amide bonds. The number of hydrogen-bond donors (Lipinski definition) is 0. The van der Waals surface area contributed by atoms with Gasteiger partial charge in [0.15, 0.2) is 0 Å². The second-order valence-corrected chi connectivity index (χ2v) is 7.28. The average molecular weight is 317 g/mol. The van der Waals surface area contributed by atoms with Gasteiger partial charge in [0.25, 0.3) is 0 Å². The first-order valence-electron chi connectivity index (χ1n) is 8.04. The van der Waals surface area contributed by atoms with Crippen molar-refractivity contribution >= 4 is 7.12 Å². The highest BCUT2D eigenvalue weighted by atomic mass is 16.7. The van der Waals surface area contributed by atoms with Gasteiger partial charge in [-0.1, -0.05) is 6.08 Å². The molecule has 0 aliphatic carbocycles. The Balaban J connectivity index is 1.85. The standard InChI is InChI=1S/C17H24BNO4/c1-16(2)17(3,4)23-18(22-16)13-8-9-21-14(10-13)12-6-7-15(20)19(5)11-12/h6-7,10-11,14H,8-9H2,1-5H3/t14-/m1/s1. The molecule has 124 valence electrons. The molecule has 1 aromatic rings. The monoisotopic (exact) mass is 317 g/mol. The van der Waals surface area contributed by atoms with Crippen LogP contribution in [-0.2, 0) is 21.1 Å². The number of aromatic nitrogens is 1. The molecular formula is C17H24BNO4. The van der Waals surface area contributed by atoms with Gasteiger partial charge in [0.05, 0.1) is 17.8 Å². The first-order valence-corrected chi connectivity index (χ1v) is 8.04. The number of aryl methyl sites for hydroxylation is 1. The van der Waals surface area contributed by atoms with E-state index in [4.69, 9.17) is 14.0 Å². The van der Waals surface area contributed by atoms with E-state index in [2.05, 4.69) is 33.8 Å². The predicted octanol–water partition coefficient (Wildman–Crippen LogP) is 2.40. The Labute approximate surface area is 137 Å². The summed E-state index contributed by atoms with van der Waals surface area (Å²) in [4.78, 5) is 11.5. The zero-order valence-electron chi connectivity index (χ0n) is 14.5. The molecule has 6 heteroatoms. The molecule has 3 rings (SSSR count). The Morgan fingerprint density at radius 1 is 1.17 bits per heavy atom. The summed E-state index contributed by atoms with van der Waals surface area (Å²) in [5.41, 5.74) is 1.35. The molecule has 5 nitrogen and oxygen atoms in total. The van der Waals surface area contributed by atoms with Gasteiger partial charge in [-0.25, -0.2) is 0 Å². The Morgan fingerprint density at radius 3 is 2.43 bits per heavy atom. The second-order valence-electron chi connectivity index (χ2n) is 7.28. The average Bonchev–Trinajstić information content (AvgIpc) is 2.71. The van der Waals surface area contributed by atoms with Crippen LogP contribution in [0.1, 0.15) is 45.8 Å². The van der Waals surface area contributed by atoms with Gasteiger partial charge in [0.2, 0.25) is 5.56 Å². The summed E-state index contributed by atoms with van der Waals surface area (Å²) in [5, 5.41) is 0. The first-order chi connectivity index (χ1) is 10.7. The zero-order chi connectivity index (χ0) is 16.8. The summed E-state index contributed by atoms with van der Waals surface area (Å²) in [7, 11) is 1.41. The van der Waals surface area contributed by atoms with Gasteiger partial charge >= 0.3 is 7.12 Å². The Morgan fingerprint density at radius 2 is 1.83 bits per heavy atom. The molecule has 1 aromatic heterocycles. The number of nitrogens with zero attached hydrogens (tertiary/aromatic N) is 1. The van der Waals surface area contributed by atoms with Gasteiger partial charge < -0.3 is 18.6 Å². The molecule has 0 N–H and O–H groups in total. The van der Waals surface area contributed by atoms with Crippen LogP contribution in [0.25, 0.3) is 0 Å². The Kier molecular flexibility index (Phi) is 4.03. The van der Waals surface area contributed by atoms with Crippen LogP contribution < -0.4 is 5.56 Å². The molecule has 0 saturated carbocycles. The summed E-state index contributed by atoms with van der Waals surface area (Å²) in [6, 6.07) is 3.38. The van der Waals surface area contributed by atoms with Crippen molar-refractivity contribution in [2.75, 3.05) is 6.61 Å². The van der Waals surface area contributed by atoms with Crippen LogP contribution in [0.15, 0.2) is 34.7 Å². The van der Waals surface area contributed by atoms with Crippen molar-refractivity contribution in [2.24, 2.45) is 7.05 Å². The lowest BCUT2D eigenvalue weighted by molar-refractivity contribution is 0.00578. The van der Waals surface area contributed by atoms with Crippen LogP contribution in [0.2, 0.25) is 0 Å². The quantitative estimate of drug-likeness (QED) is 0.786. The third kappa shape index (κ3) is 3.03. The third-order valence-electron chi connectivity index (χ3n) is 5.05. The molecule has 2 aliphatic rings. The van der Waals surface area contributed by atoms with E-state index in [-0.39, 0.29) is 30.0 Å². The van der Waals surface area contributed by atoms with Crippen molar-refractivity contribution in [3.8, 4) is 0 Å².